The molecule has 5 nitrogen and oxygen atoms in total. The molecule has 0 unspecified atom stereocenters. The van der Waals surface area contributed by atoms with Crippen LogP contribution >= 0.6 is 0 Å². The van der Waals surface area contributed by atoms with Crippen molar-refractivity contribution in [1.29, 1.82) is 0 Å². The maximum absolute atomic E-state index is 14.4. The van der Waals surface area contributed by atoms with Gasteiger partial charge in [-0.3, -0.25) is 9.78 Å². The van der Waals surface area contributed by atoms with Gasteiger partial charge in [0.25, 0.3) is 5.91 Å². The molecule has 1 aromatic heterocycles. The number of amides is 1. The van der Waals surface area contributed by atoms with E-state index in [0.717, 1.165) is 5.56 Å². The summed E-state index contributed by atoms with van der Waals surface area (Å²) in [5, 5.41) is 0.650. The molecule has 0 aliphatic heterocycles. The van der Waals surface area contributed by atoms with Crippen molar-refractivity contribution in [3.05, 3.63) is 65.6 Å². The number of aliphatic imine (C=N–C) groups is 1. The number of fused-ring (bicyclic) bond motifs is 1. The Morgan fingerprint density at radius 3 is 2.58 bits per heavy atom. The first-order chi connectivity index (χ1) is 11.5. The fourth-order valence-corrected chi connectivity index (χ4v) is 2.53. The van der Waals surface area contributed by atoms with E-state index in [1.165, 1.54) is 6.07 Å². The normalized spacial score (nSPS) is 10.6. The van der Waals surface area contributed by atoms with Gasteiger partial charge in [-0.05, 0) is 48.4 Å². The third kappa shape index (κ3) is 2.94. The van der Waals surface area contributed by atoms with Crippen LogP contribution in [0.5, 0.6) is 0 Å². The first-order valence-electron chi connectivity index (χ1n) is 7.25. The van der Waals surface area contributed by atoms with Gasteiger partial charge < -0.3 is 11.5 Å². The summed E-state index contributed by atoms with van der Waals surface area (Å²) in [5.74, 6) is -1.20. The van der Waals surface area contributed by atoms with Crippen LogP contribution in [0.25, 0.3) is 22.0 Å². The molecule has 0 fully saturated rings. The van der Waals surface area contributed by atoms with Gasteiger partial charge >= 0.3 is 0 Å². The Balaban J connectivity index is 2.22. The highest BCUT2D eigenvalue weighted by Crippen LogP contribution is 2.30. The molecular weight excluding hydrogens is 307 g/mol. The molecule has 3 aromatic rings. The molecule has 0 aliphatic rings. The third-order valence-electron chi connectivity index (χ3n) is 3.63. The maximum Gasteiger partial charge on any atom is 0.280 e. The second kappa shape index (κ2) is 6.08. The molecule has 0 aliphatic carbocycles. The largest absolute Gasteiger partial charge is 0.370 e. The van der Waals surface area contributed by atoms with Crippen LogP contribution in [0.15, 0.2) is 53.7 Å². The van der Waals surface area contributed by atoms with Crippen LogP contribution in [0.3, 0.4) is 0 Å². The molecule has 0 radical (unpaired) electrons. The van der Waals surface area contributed by atoms with Crippen molar-refractivity contribution in [1.82, 2.24) is 4.98 Å². The predicted molar refractivity (Wildman–Crippen MR) is 92.0 cm³/mol. The Hall–Kier alpha value is -3.28. The summed E-state index contributed by atoms with van der Waals surface area (Å²) in [6.07, 6.45) is 1.61. The van der Waals surface area contributed by atoms with Crippen LogP contribution in [0.2, 0.25) is 0 Å². The molecule has 3 rings (SSSR count). The van der Waals surface area contributed by atoms with Crippen molar-refractivity contribution in [2.45, 2.75) is 6.92 Å². The Kier molecular flexibility index (Phi) is 3.95. The highest BCUT2D eigenvalue weighted by Gasteiger charge is 2.12. The smallest absolute Gasteiger partial charge is 0.280 e. The van der Waals surface area contributed by atoms with E-state index in [1.807, 2.05) is 13.0 Å². The fraction of sp³-hybridized carbons (Fsp3) is 0.0556. The van der Waals surface area contributed by atoms with E-state index in [2.05, 4.69) is 9.98 Å². The van der Waals surface area contributed by atoms with E-state index in [-0.39, 0.29) is 11.8 Å². The Morgan fingerprint density at radius 2 is 1.88 bits per heavy atom. The highest BCUT2D eigenvalue weighted by molar-refractivity contribution is 6.05. The molecule has 6 heteroatoms. The van der Waals surface area contributed by atoms with E-state index in [0.29, 0.717) is 27.6 Å². The Labute approximate surface area is 137 Å². The van der Waals surface area contributed by atoms with Gasteiger partial charge in [0.1, 0.15) is 5.82 Å². The molecule has 0 bridgehead atoms. The first kappa shape index (κ1) is 15.6. The molecule has 24 heavy (non-hydrogen) atoms. The van der Waals surface area contributed by atoms with E-state index in [9.17, 15) is 9.18 Å². The second-order valence-corrected chi connectivity index (χ2v) is 5.42. The van der Waals surface area contributed by atoms with Gasteiger partial charge in [0.2, 0.25) is 0 Å². The Bertz CT molecular complexity index is 978. The minimum Gasteiger partial charge on any atom is -0.370 e. The number of benzene rings is 2. The van der Waals surface area contributed by atoms with Crippen LogP contribution in [0.4, 0.5) is 4.39 Å². The Morgan fingerprint density at radius 1 is 1.08 bits per heavy atom. The van der Waals surface area contributed by atoms with E-state index >= 15 is 0 Å². The number of pyridine rings is 1. The third-order valence-corrected chi connectivity index (χ3v) is 3.63. The van der Waals surface area contributed by atoms with Gasteiger partial charge in [0.05, 0.1) is 5.52 Å². The molecule has 120 valence electrons. The summed E-state index contributed by atoms with van der Waals surface area (Å²) in [6, 6.07) is 11.6. The molecule has 2 aromatic carbocycles. The van der Waals surface area contributed by atoms with Crippen LogP contribution in [0.1, 0.15) is 15.9 Å². The van der Waals surface area contributed by atoms with Gasteiger partial charge in [-0.1, -0.05) is 12.1 Å². The van der Waals surface area contributed by atoms with Crippen LogP contribution in [-0.4, -0.2) is 16.9 Å². The number of carbonyl (C=O) groups is 1. The summed E-state index contributed by atoms with van der Waals surface area (Å²) >= 11 is 0. The summed E-state index contributed by atoms with van der Waals surface area (Å²) < 4.78 is 14.4. The lowest BCUT2D eigenvalue weighted by molar-refractivity contribution is 0.100. The highest BCUT2D eigenvalue weighted by atomic mass is 19.1. The summed E-state index contributed by atoms with van der Waals surface area (Å²) in [6.45, 7) is 1.82. The van der Waals surface area contributed by atoms with Gasteiger partial charge in [-0.15, -0.1) is 0 Å². The monoisotopic (exact) mass is 322 g/mol. The predicted octanol–water partition coefficient (Wildman–Crippen LogP) is 2.76. The number of halogens is 1. The first-order valence-corrected chi connectivity index (χ1v) is 7.25. The molecule has 0 spiro atoms. The summed E-state index contributed by atoms with van der Waals surface area (Å²) in [5.41, 5.74) is 13.4. The molecule has 4 N–H and O–H groups in total. The number of nitrogens with two attached hydrogens (primary N) is 2. The lowest BCUT2D eigenvalue weighted by Crippen LogP contribution is -2.24. The van der Waals surface area contributed by atoms with Crippen LogP contribution in [-0.2, 0) is 0 Å². The minimum atomic E-state index is -0.559. The van der Waals surface area contributed by atoms with E-state index < -0.39 is 5.91 Å². The zero-order chi connectivity index (χ0) is 17.3. The average Bonchev–Trinajstić information content (AvgIpc) is 2.53. The topological polar surface area (TPSA) is 94.4 Å². The van der Waals surface area contributed by atoms with Crippen molar-refractivity contribution in [2.24, 2.45) is 16.5 Å². The zero-order valence-electron chi connectivity index (χ0n) is 13.0. The van der Waals surface area contributed by atoms with Gasteiger partial charge in [0, 0.05) is 22.7 Å². The fourth-order valence-electron chi connectivity index (χ4n) is 2.53. The van der Waals surface area contributed by atoms with Crippen molar-refractivity contribution in [3.63, 3.8) is 0 Å². The molecular formula is C18H15FN4O. The van der Waals surface area contributed by atoms with Crippen LogP contribution < -0.4 is 11.5 Å². The molecule has 1 amide bonds. The number of hydrogen-bond donors (Lipinski definition) is 2. The number of carbonyl (C=O) groups excluding carboxylic acids is 1. The quantitative estimate of drug-likeness (QED) is 0.560. The van der Waals surface area contributed by atoms with Crippen molar-refractivity contribution in [3.8, 4) is 11.1 Å². The zero-order valence-corrected chi connectivity index (χ0v) is 13.0. The number of aromatic nitrogens is 1. The maximum atomic E-state index is 14.4. The minimum absolute atomic E-state index is 0.303. The number of guanidine groups is 1. The number of rotatable bonds is 2. The summed E-state index contributed by atoms with van der Waals surface area (Å²) in [7, 11) is 0. The van der Waals surface area contributed by atoms with Crippen LogP contribution in [0, 0.1) is 12.7 Å². The molecule has 0 saturated heterocycles. The molecule has 0 saturated carbocycles. The number of hydrogen-bond acceptors (Lipinski definition) is 2. The lowest BCUT2D eigenvalue weighted by atomic mass is 9.98. The van der Waals surface area contributed by atoms with Gasteiger partial charge in [-0.2, -0.15) is 4.99 Å². The SMILES string of the molecule is Cc1ccc(-c2ccnc3ccc(C(=O)N=C(N)N)cc23)c(F)c1. The average molecular weight is 322 g/mol. The van der Waals surface area contributed by atoms with Crippen molar-refractivity contribution in [2.75, 3.05) is 0 Å². The van der Waals surface area contributed by atoms with Gasteiger partial charge in [0.15, 0.2) is 5.96 Å². The number of aryl methyl sites for hydroxylation is 1. The van der Waals surface area contributed by atoms with E-state index in [4.69, 9.17) is 11.5 Å². The second-order valence-electron chi connectivity index (χ2n) is 5.42. The molecule has 0 atom stereocenters. The van der Waals surface area contributed by atoms with Gasteiger partial charge in [-0.25, -0.2) is 4.39 Å². The lowest BCUT2D eigenvalue weighted by Gasteiger charge is -2.09. The number of nitrogens with zero attached hydrogens (tertiary/aromatic N) is 2. The van der Waals surface area contributed by atoms with Crippen molar-refractivity contribution < 1.29 is 9.18 Å². The molecule has 1 heterocycles. The van der Waals surface area contributed by atoms with Crippen molar-refractivity contribution >= 4 is 22.8 Å². The summed E-state index contributed by atoms with van der Waals surface area (Å²) in [4.78, 5) is 19.8. The van der Waals surface area contributed by atoms with E-state index in [1.54, 1.807) is 36.5 Å². The standard InChI is InChI=1S/C18H15FN4O/c1-10-2-4-13(15(19)8-10)12-6-7-22-16-5-3-11(9-14(12)16)17(24)23-18(20)21/h2-9H,1H3,(H4,20,21,23,24).